The highest BCUT2D eigenvalue weighted by molar-refractivity contribution is 5.83. The summed E-state index contributed by atoms with van der Waals surface area (Å²) in [5.41, 5.74) is 0. The summed E-state index contributed by atoms with van der Waals surface area (Å²) in [5, 5.41) is 11.2. The maximum Gasteiger partial charge on any atom is 0.249 e. The molecule has 1 fully saturated rings. The van der Waals surface area contributed by atoms with Crippen LogP contribution in [0.15, 0.2) is 0 Å². The van der Waals surface area contributed by atoms with Crippen molar-refractivity contribution in [1.82, 2.24) is 5.32 Å². The Morgan fingerprint density at radius 3 is 2.90 bits per heavy atom. The predicted molar refractivity (Wildman–Crippen MR) is 34.4 cm³/mol. The summed E-state index contributed by atoms with van der Waals surface area (Å²) in [6, 6.07) is -0.113. The van der Waals surface area contributed by atoms with Crippen molar-refractivity contribution in [3.05, 3.63) is 0 Å². The molecule has 2 N–H and O–H groups in total. The van der Waals surface area contributed by atoms with Crippen LogP contribution in [0.4, 0.5) is 0 Å². The third-order valence-corrected chi connectivity index (χ3v) is 1.64. The number of carbonyl (C=O) groups excluding carboxylic acids is 1. The van der Waals surface area contributed by atoms with E-state index < -0.39 is 0 Å². The van der Waals surface area contributed by atoms with Crippen molar-refractivity contribution in [1.29, 1.82) is 0 Å². The molecule has 1 rings (SSSR count). The van der Waals surface area contributed by atoms with Gasteiger partial charge in [0.25, 0.3) is 0 Å². The summed E-state index contributed by atoms with van der Waals surface area (Å²) in [6.45, 7) is -0.00833. The Kier molecular flexibility index (Phi) is 2.24. The summed E-state index contributed by atoms with van der Waals surface area (Å²) in [6.07, 6.45) is 0.211. The molecule has 10 heavy (non-hydrogen) atoms. The molecule has 0 aliphatic carbocycles. The van der Waals surface area contributed by atoms with Gasteiger partial charge in [0, 0.05) is 13.5 Å². The van der Waals surface area contributed by atoms with Crippen molar-refractivity contribution in [2.24, 2.45) is 0 Å². The van der Waals surface area contributed by atoms with Crippen LogP contribution in [-0.4, -0.2) is 36.9 Å². The van der Waals surface area contributed by atoms with Gasteiger partial charge in [-0.2, -0.15) is 0 Å². The Hall–Kier alpha value is -0.610. The zero-order valence-electron chi connectivity index (χ0n) is 5.83. The Bertz CT molecular complexity index is 137. The average Bonchev–Trinajstić information content (AvgIpc) is 2.30. The molecule has 2 atom stereocenters. The van der Waals surface area contributed by atoms with Crippen molar-refractivity contribution in [2.75, 3.05) is 13.7 Å². The lowest BCUT2D eigenvalue weighted by molar-refractivity contribution is -0.127. The van der Waals surface area contributed by atoms with E-state index in [2.05, 4.69) is 5.32 Å². The molecule has 4 heteroatoms. The number of rotatable bonds is 2. The lowest BCUT2D eigenvalue weighted by Crippen LogP contribution is -2.29. The second-order valence-corrected chi connectivity index (χ2v) is 2.35. The van der Waals surface area contributed by atoms with Gasteiger partial charge < -0.3 is 15.2 Å². The van der Waals surface area contributed by atoms with Crippen molar-refractivity contribution in [3.8, 4) is 0 Å². The summed E-state index contributed by atoms with van der Waals surface area (Å²) < 4.78 is 4.83. The minimum absolute atomic E-state index is 0.00833. The predicted octanol–water partition coefficient (Wildman–Crippen LogP) is -1.12. The number of nitrogens with one attached hydrogen (secondary N) is 1. The number of carbonyl (C=O) groups is 1. The smallest absolute Gasteiger partial charge is 0.249 e. The van der Waals surface area contributed by atoms with E-state index in [1.807, 2.05) is 0 Å². The highest BCUT2D eigenvalue weighted by Crippen LogP contribution is 2.09. The van der Waals surface area contributed by atoms with Gasteiger partial charge in [-0.25, -0.2) is 0 Å². The molecule has 0 aromatic heterocycles. The van der Waals surface area contributed by atoms with Crippen LogP contribution in [0, 0.1) is 0 Å². The topological polar surface area (TPSA) is 58.6 Å². The number of methoxy groups -OCH3 is 1. The largest absolute Gasteiger partial charge is 0.394 e. The van der Waals surface area contributed by atoms with E-state index in [9.17, 15) is 4.79 Å². The second-order valence-electron chi connectivity index (χ2n) is 2.35. The molecule has 0 bridgehead atoms. The fourth-order valence-electron chi connectivity index (χ4n) is 1.04. The van der Waals surface area contributed by atoms with E-state index in [0.717, 1.165) is 0 Å². The monoisotopic (exact) mass is 145 g/mol. The maximum absolute atomic E-state index is 10.8. The molecule has 0 spiro atoms. The van der Waals surface area contributed by atoms with Crippen LogP contribution in [0.3, 0.4) is 0 Å². The fourth-order valence-corrected chi connectivity index (χ4v) is 1.04. The van der Waals surface area contributed by atoms with Crippen molar-refractivity contribution >= 4 is 5.91 Å². The standard InChI is InChI=1S/C6H11NO3/c1-10-5-2-4(3-8)7-6(5)9/h4-5,8H,2-3H2,1H3,(H,7,9)/t4-,5+/m0/s1. The number of aliphatic hydroxyl groups excluding tert-OH is 1. The molecule has 0 unspecified atom stereocenters. The van der Waals surface area contributed by atoms with Gasteiger partial charge >= 0.3 is 0 Å². The average molecular weight is 145 g/mol. The van der Waals surface area contributed by atoms with Crippen LogP contribution in [0.25, 0.3) is 0 Å². The van der Waals surface area contributed by atoms with Gasteiger partial charge in [0.2, 0.25) is 5.91 Å². The quantitative estimate of drug-likeness (QED) is 0.517. The van der Waals surface area contributed by atoms with E-state index in [0.29, 0.717) is 6.42 Å². The summed E-state index contributed by atoms with van der Waals surface area (Å²) in [7, 11) is 1.49. The molecule has 1 aliphatic heterocycles. The third-order valence-electron chi connectivity index (χ3n) is 1.64. The van der Waals surface area contributed by atoms with Crippen molar-refractivity contribution in [3.63, 3.8) is 0 Å². The molecule has 0 saturated carbocycles. The molecule has 0 aromatic rings. The van der Waals surface area contributed by atoms with Crippen LogP contribution in [0.5, 0.6) is 0 Å². The number of ether oxygens (including phenoxy) is 1. The lowest BCUT2D eigenvalue weighted by Gasteiger charge is -2.02. The minimum Gasteiger partial charge on any atom is -0.394 e. The molecular weight excluding hydrogens is 134 g/mol. The molecule has 1 heterocycles. The molecule has 58 valence electrons. The van der Waals surface area contributed by atoms with Crippen LogP contribution < -0.4 is 5.32 Å². The molecular formula is C6H11NO3. The molecule has 0 aromatic carbocycles. The van der Waals surface area contributed by atoms with Gasteiger partial charge in [0.1, 0.15) is 6.10 Å². The third kappa shape index (κ3) is 1.27. The van der Waals surface area contributed by atoms with Crippen LogP contribution in [-0.2, 0) is 9.53 Å². The molecule has 4 nitrogen and oxygen atoms in total. The molecule has 1 saturated heterocycles. The SMILES string of the molecule is CO[C@@H]1C[C@@H](CO)NC1=O. The first-order valence-electron chi connectivity index (χ1n) is 3.22. The van der Waals surface area contributed by atoms with E-state index in [1.165, 1.54) is 7.11 Å². The fraction of sp³-hybridized carbons (Fsp3) is 0.833. The molecule has 0 radical (unpaired) electrons. The van der Waals surface area contributed by atoms with E-state index in [4.69, 9.17) is 9.84 Å². The summed E-state index contributed by atoms with van der Waals surface area (Å²) >= 11 is 0. The first-order valence-corrected chi connectivity index (χ1v) is 3.22. The summed E-state index contributed by atoms with van der Waals surface area (Å²) in [5.74, 6) is -0.124. The van der Waals surface area contributed by atoms with E-state index in [-0.39, 0.29) is 24.7 Å². The van der Waals surface area contributed by atoms with E-state index in [1.54, 1.807) is 0 Å². The van der Waals surface area contributed by atoms with Crippen LogP contribution in [0.1, 0.15) is 6.42 Å². The normalized spacial score (nSPS) is 32.4. The first-order chi connectivity index (χ1) is 4.77. The van der Waals surface area contributed by atoms with Crippen LogP contribution >= 0.6 is 0 Å². The van der Waals surface area contributed by atoms with Gasteiger partial charge in [-0.05, 0) is 0 Å². The first kappa shape index (κ1) is 7.50. The number of hydrogen-bond acceptors (Lipinski definition) is 3. The van der Waals surface area contributed by atoms with E-state index >= 15 is 0 Å². The Morgan fingerprint density at radius 2 is 2.60 bits per heavy atom. The maximum atomic E-state index is 10.8. The number of amides is 1. The van der Waals surface area contributed by atoms with Crippen molar-refractivity contribution < 1.29 is 14.6 Å². The Morgan fingerprint density at radius 1 is 1.90 bits per heavy atom. The minimum atomic E-state index is -0.364. The van der Waals surface area contributed by atoms with Crippen LogP contribution in [0.2, 0.25) is 0 Å². The highest BCUT2D eigenvalue weighted by atomic mass is 16.5. The Balaban J connectivity index is 2.44. The number of hydrogen-bond donors (Lipinski definition) is 2. The Labute approximate surface area is 59.2 Å². The van der Waals surface area contributed by atoms with Crippen molar-refractivity contribution in [2.45, 2.75) is 18.6 Å². The van der Waals surface area contributed by atoms with Gasteiger partial charge in [-0.1, -0.05) is 0 Å². The second kappa shape index (κ2) is 2.98. The molecule has 1 amide bonds. The van der Waals surface area contributed by atoms with Gasteiger partial charge in [-0.15, -0.1) is 0 Å². The van der Waals surface area contributed by atoms with Gasteiger partial charge in [-0.3, -0.25) is 4.79 Å². The van der Waals surface area contributed by atoms with Gasteiger partial charge in [0.05, 0.1) is 12.6 Å². The van der Waals surface area contributed by atoms with Gasteiger partial charge in [0.15, 0.2) is 0 Å². The lowest BCUT2D eigenvalue weighted by atomic mass is 10.2. The molecule has 1 aliphatic rings. The summed E-state index contributed by atoms with van der Waals surface area (Å²) in [4.78, 5) is 10.8. The zero-order chi connectivity index (χ0) is 7.56. The number of aliphatic hydroxyl groups is 1. The highest BCUT2D eigenvalue weighted by Gasteiger charge is 2.30. The zero-order valence-corrected chi connectivity index (χ0v) is 5.83.